The molecule has 2 rings (SSSR count). The van der Waals surface area contributed by atoms with E-state index in [9.17, 15) is 0 Å². The van der Waals surface area contributed by atoms with E-state index in [1.165, 1.54) is 14.5 Å². The van der Waals surface area contributed by atoms with Gasteiger partial charge in [0, 0.05) is 14.5 Å². The van der Waals surface area contributed by atoms with Crippen molar-refractivity contribution in [2.45, 2.75) is 33.2 Å². The van der Waals surface area contributed by atoms with E-state index in [1.54, 1.807) is 0 Å². The van der Waals surface area contributed by atoms with Crippen LogP contribution in [0.2, 0.25) is 0 Å². The normalized spacial score (nSPS) is 13.2. The van der Waals surface area contributed by atoms with Gasteiger partial charge in [0.25, 0.3) is 0 Å². The van der Waals surface area contributed by atoms with Gasteiger partial charge in [0.05, 0.1) is 6.04 Å². The van der Waals surface area contributed by atoms with Crippen molar-refractivity contribution in [3.63, 3.8) is 0 Å². The van der Waals surface area contributed by atoms with Gasteiger partial charge in [-0.2, -0.15) is 0 Å². The lowest BCUT2D eigenvalue weighted by molar-refractivity contribution is 0.448. The van der Waals surface area contributed by atoms with Gasteiger partial charge in [-0.1, -0.05) is 6.92 Å². The molecule has 0 amide bonds. The van der Waals surface area contributed by atoms with Crippen molar-refractivity contribution in [2.24, 2.45) is 0 Å². The summed E-state index contributed by atoms with van der Waals surface area (Å²) < 4.78 is 7.20. The highest BCUT2D eigenvalue weighted by Gasteiger charge is 2.15. The molecule has 0 saturated carbocycles. The minimum Gasteiger partial charge on any atom is -0.459 e. The van der Waals surface area contributed by atoms with Gasteiger partial charge >= 0.3 is 0 Å². The molecular weight excluding hydrogens is 325 g/mol. The molecule has 1 aromatic heterocycles. The first-order chi connectivity index (χ1) is 8.13. The van der Waals surface area contributed by atoms with Crippen molar-refractivity contribution in [3.8, 4) is 0 Å². The number of benzene rings is 1. The van der Waals surface area contributed by atoms with Gasteiger partial charge in [-0.05, 0) is 67.6 Å². The number of nitrogens with one attached hydrogen (secondary N) is 1. The Hall–Kier alpha value is -0.550. The fraction of sp³-hybridized carbons (Fsp3) is 0.429. The van der Waals surface area contributed by atoms with E-state index in [0.717, 1.165) is 24.3 Å². The van der Waals surface area contributed by atoms with E-state index in [-0.39, 0.29) is 6.04 Å². The van der Waals surface area contributed by atoms with Crippen molar-refractivity contribution < 1.29 is 4.42 Å². The highest BCUT2D eigenvalue weighted by atomic mass is 127. The summed E-state index contributed by atoms with van der Waals surface area (Å²) in [6.07, 6.45) is 1.14. The number of fused-ring (bicyclic) bond motifs is 1. The second-order valence-electron chi connectivity index (χ2n) is 4.41. The predicted molar refractivity (Wildman–Crippen MR) is 80.4 cm³/mol. The number of halogens is 1. The Labute approximate surface area is 116 Å². The smallest absolute Gasteiger partial charge is 0.134 e. The SMILES string of the molecule is CCCNC(C)c1oc2ccc(I)cc2c1C. The Morgan fingerprint density at radius 3 is 2.88 bits per heavy atom. The van der Waals surface area contributed by atoms with Crippen LogP contribution in [0, 0.1) is 10.5 Å². The van der Waals surface area contributed by atoms with Gasteiger partial charge in [-0.3, -0.25) is 0 Å². The molecule has 92 valence electrons. The molecule has 1 aromatic carbocycles. The maximum absolute atomic E-state index is 5.95. The quantitative estimate of drug-likeness (QED) is 0.832. The van der Waals surface area contributed by atoms with Crippen molar-refractivity contribution in [1.29, 1.82) is 0 Å². The molecule has 0 aliphatic heterocycles. The Bertz CT molecular complexity index is 518. The molecule has 1 heterocycles. The average Bonchev–Trinajstić information content (AvgIpc) is 2.64. The lowest BCUT2D eigenvalue weighted by Gasteiger charge is -2.11. The van der Waals surface area contributed by atoms with Crippen molar-refractivity contribution in [3.05, 3.63) is 33.1 Å². The molecule has 0 aliphatic carbocycles. The van der Waals surface area contributed by atoms with Crippen LogP contribution in [0.5, 0.6) is 0 Å². The molecule has 2 nitrogen and oxygen atoms in total. The summed E-state index contributed by atoms with van der Waals surface area (Å²) in [4.78, 5) is 0. The minimum atomic E-state index is 0.278. The monoisotopic (exact) mass is 343 g/mol. The zero-order chi connectivity index (χ0) is 12.4. The zero-order valence-corrected chi connectivity index (χ0v) is 12.7. The summed E-state index contributed by atoms with van der Waals surface area (Å²) in [6.45, 7) is 7.50. The molecule has 1 atom stereocenters. The Morgan fingerprint density at radius 2 is 2.18 bits per heavy atom. The number of aryl methyl sites for hydroxylation is 1. The van der Waals surface area contributed by atoms with E-state index in [4.69, 9.17) is 4.42 Å². The summed E-state index contributed by atoms with van der Waals surface area (Å²) in [5.41, 5.74) is 2.25. The molecule has 0 radical (unpaired) electrons. The molecule has 3 heteroatoms. The minimum absolute atomic E-state index is 0.278. The van der Waals surface area contributed by atoms with Gasteiger partial charge in [-0.15, -0.1) is 0 Å². The number of furan rings is 1. The summed E-state index contributed by atoms with van der Waals surface area (Å²) in [5.74, 6) is 1.07. The molecular formula is C14H18INO. The van der Waals surface area contributed by atoms with E-state index >= 15 is 0 Å². The fourth-order valence-electron chi connectivity index (χ4n) is 2.08. The highest BCUT2D eigenvalue weighted by Crippen LogP contribution is 2.30. The largest absolute Gasteiger partial charge is 0.459 e. The predicted octanol–water partition coefficient (Wildman–Crippen LogP) is 4.41. The Balaban J connectivity index is 2.38. The zero-order valence-electron chi connectivity index (χ0n) is 10.5. The van der Waals surface area contributed by atoms with Gasteiger partial charge < -0.3 is 9.73 Å². The first-order valence-electron chi connectivity index (χ1n) is 6.05. The molecule has 0 bridgehead atoms. The number of hydrogen-bond donors (Lipinski definition) is 1. The molecule has 0 fully saturated rings. The molecule has 1 N–H and O–H groups in total. The van der Waals surface area contributed by atoms with E-state index in [1.807, 2.05) is 0 Å². The summed E-state index contributed by atoms with van der Waals surface area (Å²) in [7, 11) is 0. The lowest BCUT2D eigenvalue weighted by Crippen LogP contribution is -2.19. The van der Waals surface area contributed by atoms with Crippen molar-refractivity contribution in [2.75, 3.05) is 6.54 Å². The number of rotatable bonds is 4. The van der Waals surface area contributed by atoms with E-state index in [0.29, 0.717) is 0 Å². The molecule has 0 aliphatic rings. The van der Waals surface area contributed by atoms with Gasteiger partial charge in [0.1, 0.15) is 11.3 Å². The Kier molecular flexibility index (Phi) is 4.09. The van der Waals surface area contributed by atoms with Gasteiger partial charge in [0.2, 0.25) is 0 Å². The molecule has 1 unspecified atom stereocenters. The molecule has 0 saturated heterocycles. The van der Waals surface area contributed by atoms with Crippen LogP contribution in [0.4, 0.5) is 0 Å². The first-order valence-corrected chi connectivity index (χ1v) is 7.13. The van der Waals surface area contributed by atoms with Crippen LogP contribution in [0.1, 0.15) is 37.6 Å². The second kappa shape index (κ2) is 5.40. The maximum atomic E-state index is 5.95. The van der Waals surface area contributed by atoms with Crippen LogP contribution < -0.4 is 5.32 Å². The highest BCUT2D eigenvalue weighted by molar-refractivity contribution is 14.1. The third kappa shape index (κ3) is 2.65. The second-order valence-corrected chi connectivity index (χ2v) is 5.65. The number of hydrogen-bond acceptors (Lipinski definition) is 2. The van der Waals surface area contributed by atoms with Crippen LogP contribution in [0.3, 0.4) is 0 Å². The summed E-state index contributed by atoms with van der Waals surface area (Å²) in [5, 5.41) is 4.70. The third-order valence-corrected chi connectivity index (χ3v) is 3.70. The summed E-state index contributed by atoms with van der Waals surface area (Å²) >= 11 is 2.34. The molecule has 0 spiro atoms. The van der Waals surface area contributed by atoms with Crippen LogP contribution in [-0.2, 0) is 0 Å². The topological polar surface area (TPSA) is 25.2 Å². The van der Waals surface area contributed by atoms with Crippen LogP contribution in [0.15, 0.2) is 22.6 Å². The Morgan fingerprint density at radius 1 is 1.41 bits per heavy atom. The van der Waals surface area contributed by atoms with Crippen LogP contribution >= 0.6 is 22.6 Å². The molecule has 17 heavy (non-hydrogen) atoms. The van der Waals surface area contributed by atoms with Crippen LogP contribution in [0.25, 0.3) is 11.0 Å². The molecule has 2 aromatic rings. The average molecular weight is 343 g/mol. The van der Waals surface area contributed by atoms with Crippen molar-refractivity contribution >= 4 is 33.6 Å². The fourth-order valence-corrected chi connectivity index (χ4v) is 2.57. The standard InChI is InChI=1S/C14H18INO/c1-4-7-16-10(3)14-9(2)12-8-11(15)5-6-13(12)17-14/h5-6,8,10,16H,4,7H2,1-3H3. The van der Waals surface area contributed by atoms with Gasteiger partial charge in [-0.25, -0.2) is 0 Å². The summed E-state index contributed by atoms with van der Waals surface area (Å²) in [6, 6.07) is 6.60. The van der Waals surface area contributed by atoms with E-state index < -0.39 is 0 Å². The third-order valence-electron chi connectivity index (χ3n) is 3.03. The first kappa shape index (κ1) is 12.9. The lowest BCUT2D eigenvalue weighted by atomic mass is 10.1. The van der Waals surface area contributed by atoms with E-state index in [2.05, 4.69) is 66.9 Å². The van der Waals surface area contributed by atoms with Crippen molar-refractivity contribution in [1.82, 2.24) is 5.32 Å². The van der Waals surface area contributed by atoms with Gasteiger partial charge in [0.15, 0.2) is 0 Å². The maximum Gasteiger partial charge on any atom is 0.134 e. The van der Waals surface area contributed by atoms with Crippen LogP contribution in [-0.4, -0.2) is 6.54 Å².